The predicted molar refractivity (Wildman–Crippen MR) is 116 cm³/mol. The van der Waals surface area contributed by atoms with Crippen LogP contribution in [0.2, 0.25) is 0 Å². The molecule has 0 bridgehead atoms. The zero-order chi connectivity index (χ0) is 18.2. The quantitative estimate of drug-likeness (QED) is 0.706. The zero-order valence-electron chi connectivity index (χ0n) is 15.6. The van der Waals surface area contributed by atoms with Crippen molar-refractivity contribution in [2.24, 2.45) is 0 Å². The van der Waals surface area contributed by atoms with Crippen LogP contribution in [0.1, 0.15) is 16.8 Å². The van der Waals surface area contributed by atoms with E-state index in [0.29, 0.717) is 0 Å². The summed E-state index contributed by atoms with van der Waals surface area (Å²) in [6.07, 6.45) is 2.92. The van der Waals surface area contributed by atoms with Gasteiger partial charge < -0.3 is 5.32 Å². The molecule has 5 rings (SSSR count). The van der Waals surface area contributed by atoms with Gasteiger partial charge in [0.15, 0.2) is 4.96 Å². The first kappa shape index (κ1) is 19.4. The topological polar surface area (TPSA) is 52.9 Å². The first-order valence-corrected chi connectivity index (χ1v) is 10.4. The van der Waals surface area contributed by atoms with Gasteiger partial charge in [0.25, 0.3) is 5.56 Å². The van der Waals surface area contributed by atoms with Gasteiger partial charge in [-0.15, -0.1) is 23.7 Å². The number of aromatic nitrogens is 2. The van der Waals surface area contributed by atoms with E-state index in [9.17, 15) is 4.79 Å². The number of thiazole rings is 1. The van der Waals surface area contributed by atoms with Crippen LogP contribution in [-0.2, 0) is 19.5 Å². The molecule has 1 N–H and O–H groups in total. The van der Waals surface area contributed by atoms with Crippen molar-refractivity contribution in [3.63, 3.8) is 0 Å². The first-order chi connectivity index (χ1) is 13.3. The molecule has 2 aliphatic rings. The normalized spacial score (nSPS) is 17.3. The molecule has 0 unspecified atom stereocenters. The van der Waals surface area contributed by atoms with Crippen molar-refractivity contribution in [3.05, 3.63) is 63.0 Å². The molecule has 1 saturated heterocycles. The maximum Gasteiger partial charge on any atom is 0.258 e. The molecule has 1 aromatic carbocycles. The Morgan fingerprint density at radius 2 is 1.89 bits per heavy atom. The van der Waals surface area contributed by atoms with Crippen molar-refractivity contribution in [3.8, 4) is 0 Å². The van der Waals surface area contributed by atoms with Gasteiger partial charge in [-0.05, 0) is 17.5 Å². The minimum Gasteiger partial charge on any atom is -0.384 e. The van der Waals surface area contributed by atoms with E-state index >= 15 is 0 Å². The number of fused-ring (bicyclic) bond motifs is 2. The lowest BCUT2D eigenvalue weighted by atomic mass is 10.1. The van der Waals surface area contributed by atoms with Crippen LogP contribution in [0.15, 0.2) is 40.6 Å². The highest BCUT2D eigenvalue weighted by Gasteiger charge is 2.20. The summed E-state index contributed by atoms with van der Waals surface area (Å²) in [7, 11) is 0. The van der Waals surface area contributed by atoms with E-state index in [0.717, 1.165) is 62.9 Å². The summed E-state index contributed by atoms with van der Waals surface area (Å²) in [5, 5.41) is 5.45. The Hall–Kier alpha value is -1.93. The molecule has 6 nitrogen and oxygen atoms in total. The number of piperazine rings is 1. The summed E-state index contributed by atoms with van der Waals surface area (Å²) in [5.74, 6) is 0. The summed E-state index contributed by atoms with van der Waals surface area (Å²) in [6, 6.07) is 8.33. The second-order valence-corrected chi connectivity index (χ2v) is 8.19. The molecular formula is C20H24ClN5OS. The zero-order valence-corrected chi connectivity index (χ0v) is 17.3. The lowest BCUT2D eigenvalue weighted by Gasteiger charge is -2.34. The number of nitrogens with zero attached hydrogens (tertiary/aromatic N) is 4. The number of halogens is 1. The van der Waals surface area contributed by atoms with E-state index in [1.54, 1.807) is 16.7 Å². The van der Waals surface area contributed by atoms with E-state index < -0.39 is 0 Å². The van der Waals surface area contributed by atoms with E-state index in [1.165, 1.54) is 28.2 Å². The van der Waals surface area contributed by atoms with Crippen molar-refractivity contribution in [2.45, 2.75) is 19.5 Å². The van der Waals surface area contributed by atoms with Gasteiger partial charge in [-0.3, -0.25) is 19.0 Å². The number of rotatable bonds is 4. The number of nitrogens with one attached hydrogen (secondary N) is 1. The van der Waals surface area contributed by atoms with Crippen molar-refractivity contribution < 1.29 is 0 Å². The maximum atomic E-state index is 12.1. The Bertz CT molecular complexity index is 1020. The Labute approximate surface area is 174 Å². The van der Waals surface area contributed by atoms with Gasteiger partial charge in [0.1, 0.15) is 0 Å². The third-order valence-electron chi connectivity index (χ3n) is 5.53. The Kier molecular flexibility index (Phi) is 5.68. The summed E-state index contributed by atoms with van der Waals surface area (Å²) < 4.78 is 1.61. The fraction of sp³-hybridized carbons (Fsp3) is 0.400. The Morgan fingerprint density at radius 3 is 2.71 bits per heavy atom. The summed E-state index contributed by atoms with van der Waals surface area (Å²) in [5.41, 5.74) is 5.11. The molecule has 0 spiro atoms. The second-order valence-electron chi connectivity index (χ2n) is 7.32. The molecule has 8 heteroatoms. The third-order valence-corrected chi connectivity index (χ3v) is 6.29. The van der Waals surface area contributed by atoms with Crippen LogP contribution in [0.3, 0.4) is 0 Å². The van der Waals surface area contributed by atoms with Crippen LogP contribution < -0.4 is 10.9 Å². The van der Waals surface area contributed by atoms with Gasteiger partial charge in [0.2, 0.25) is 0 Å². The average Bonchev–Trinajstić information content (AvgIpc) is 3.33. The predicted octanol–water partition coefficient (Wildman–Crippen LogP) is 2.46. The highest BCUT2D eigenvalue weighted by molar-refractivity contribution is 7.15. The summed E-state index contributed by atoms with van der Waals surface area (Å²) in [4.78, 5) is 22.5. The molecule has 1 fully saturated rings. The Balaban J connectivity index is 0.00000192. The van der Waals surface area contributed by atoms with Crippen LogP contribution in [0.5, 0.6) is 0 Å². The maximum absolute atomic E-state index is 12.1. The molecular weight excluding hydrogens is 394 g/mol. The highest BCUT2D eigenvalue weighted by Crippen LogP contribution is 2.27. The molecule has 0 aliphatic carbocycles. The van der Waals surface area contributed by atoms with Gasteiger partial charge in [0, 0.05) is 69.1 Å². The van der Waals surface area contributed by atoms with Gasteiger partial charge in [-0.1, -0.05) is 18.2 Å². The minimum absolute atomic E-state index is 0. The van der Waals surface area contributed by atoms with Crippen molar-refractivity contribution in [1.29, 1.82) is 0 Å². The van der Waals surface area contributed by atoms with Crippen LogP contribution in [-0.4, -0.2) is 51.9 Å². The van der Waals surface area contributed by atoms with Gasteiger partial charge >= 0.3 is 0 Å². The van der Waals surface area contributed by atoms with E-state index in [1.807, 2.05) is 5.38 Å². The van der Waals surface area contributed by atoms with Crippen LogP contribution >= 0.6 is 23.7 Å². The highest BCUT2D eigenvalue weighted by atomic mass is 35.5. The van der Waals surface area contributed by atoms with Crippen molar-refractivity contribution in [2.75, 3.05) is 38.0 Å². The molecule has 2 aliphatic heterocycles. The second kappa shape index (κ2) is 8.21. The molecule has 0 saturated carbocycles. The van der Waals surface area contributed by atoms with Crippen LogP contribution in [0, 0.1) is 0 Å². The van der Waals surface area contributed by atoms with E-state index in [-0.39, 0.29) is 18.0 Å². The smallest absolute Gasteiger partial charge is 0.258 e. The fourth-order valence-electron chi connectivity index (χ4n) is 4.09. The lowest BCUT2D eigenvalue weighted by Crippen LogP contribution is -2.45. The van der Waals surface area contributed by atoms with E-state index in [4.69, 9.17) is 0 Å². The molecule has 4 heterocycles. The number of anilines is 1. The minimum atomic E-state index is 0. The number of hydrogen-bond acceptors (Lipinski definition) is 6. The fourth-order valence-corrected chi connectivity index (χ4v) is 4.83. The van der Waals surface area contributed by atoms with E-state index in [2.05, 4.69) is 38.3 Å². The molecule has 148 valence electrons. The van der Waals surface area contributed by atoms with Crippen LogP contribution in [0.25, 0.3) is 4.96 Å². The molecule has 2 aromatic heterocycles. The number of para-hydroxylation sites is 1. The summed E-state index contributed by atoms with van der Waals surface area (Å²) in [6.45, 7) is 6.92. The summed E-state index contributed by atoms with van der Waals surface area (Å²) >= 11 is 1.51. The molecule has 28 heavy (non-hydrogen) atoms. The molecule has 3 aromatic rings. The average molecular weight is 418 g/mol. The third kappa shape index (κ3) is 3.80. The Morgan fingerprint density at radius 1 is 1.11 bits per heavy atom. The number of hydrogen-bond donors (Lipinski definition) is 1. The van der Waals surface area contributed by atoms with Crippen molar-refractivity contribution in [1.82, 2.24) is 19.2 Å². The molecule has 0 amide bonds. The standard InChI is InChI=1S/C20H23N5OS.ClH/c26-18-12-17(22-20-25(18)10-11-27-20)14-24-8-6-23(7-9-24)13-16-3-1-2-15-4-5-21-19(15)16;/h1-3,10-12,21H,4-9,13-14H2;1H. The van der Waals surface area contributed by atoms with Crippen molar-refractivity contribution >= 4 is 34.4 Å². The van der Waals surface area contributed by atoms with Gasteiger partial charge in [0.05, 0.1) is 5.69 Å². The lowest BCUT2D eigenvalue weighted by molar-refractivity contribution is 0.121. The van der Waals surface area contributed by atoms with Gasteiger partial charge in [-0.2, -0.15) is 0 Å². The van der Waals surface area contributed by atoms with Gasteiger partial charge in [-0.25, -0.2) is 4.98 Å². The number of benzene rings is 1. The molecule has 0 radical (unpaired) electrons. The molecule has 0 atom stereocenters. The largest absolute Gasteiger partial charge is 0.384 e. The SMILES string of the molecule is Cl.O=c1cc(CN2CCN(Cc3cccc4c3NCC4)CC2)nc2sccn12. The monoisotopic (exact) mass is 417 g/mol. The first-order valence-electron chi connectivity index (χ1n) is 9.51. The van der Waals surface area contributed by atoms with Crippen LogP contribution in [0.4, 0.5) is 5.69 Å².